The zero-order valence-corrected chi connectivity index (χ0v) is 7.50. The Morgan fingerprint density at radius 2 is 2.33 bits per heavy atom. The topological polar surface area (TPSA) is 44.1 Å². The molecule has 66 valence electrons. The lowest BCUT2D eigenvalue weighted by atomic mass is 10.2. The molecule has 0 unspecified atom stereocenters. The van der Waals surface area contributed by atoms with E-state index in [1.807, 2.05) is 6.92 Å². The van der Waals surface area contributed by atoms with Gasteiger partial charge in [0, 0.05) is 19.0 Å². The van der Waals surface area contributed by atoms with Crippen molar-refractivity contribution in [3.63, 3.8) is 0 Å². The van der Waals surface area contributed by atoms with Crippen molar-refractivity contribution in [2.45, 2.75) is 13.3 Å². The first-order valence-electron chi connectivity index (χ1n) is 3.70. The van der Waals surface area contributed by atoms with E-state index < -0.39 is 0 Å². The summed E-state index contributed by atoms with van der Waals surface area (Å²) in [4.78, 5) is 10.3. The zero-order chi connectivity index (χ0) is 9.14. The second kappa shape index (κ2) is 3.38. The molecule has 0 aliphatic rings. The van der Waals surface area contributed by atoms with Crippen molar-refractivity contribution in [1.29, 1.82) is 0 Å². The van der Waals surface area contributed by atoms with Gasteiger partial charge in [0.2, 0.25) is 5.88 Å². The third-order valence-electron chi connectivity index (χ3n) is 1.77. The Morgan fingerprint density at radius 1 is 1.67 bits per heavy atom. The quantitative estimate of drug-likeness (QED) is 0.616. The van der Waals surface area contributed by atoms with Crippen LogP contribution in [0, 0.1) is 6.92 Å². The molecule has 1 heterocycles. The van der Waals surface area contributed by atoms with Crippen molar-refractivity contribution < 1.29 is 9.53 Å². The highest BCUT2D eigenvalue weighted by atomic mass is 16.5. The SMILES string of the molecule is COc1c(CC=O)c(C)nn1C. The second-order valence-electron chi connectivity index (χ2n) is 2.57. The molecule has 0 aliphatic heterocycles. The molecule has 0 saturated carbocycles. The first-order chi connectivity index (χ1) is 5.70. The van der Waals surface area contributed by atoms with Crippen molar-refractivity contribution in [2.24, 2.45) is 7.05 Å². The normalized spacial score (nSPS) is 9.92. The number of hydrogen-bond acceptors (Lipinski definition) is 3. The predicted octanol–water partition coefficient (Wildman–Crippen LogP) is 0.479. The van der Waals surface area contributed by atoms with Crippen molar-refractivity contribution in [3.05, 3.63) is 11.3 Å². The van der Waals surface area contributed by atoms with Crippen molar-refractivity contribution in [3.8, 4) is 5.88 Å². The van der Waals surface area contributed by atoms with Gasteiger partial charge in [0.1, 0.15) is 6.29 Å². The van der Waals surface area contributed by atoms with Crippen LogP contribution in [0.25, 0.3) is 0 Å². The highest BCUT2D eigenvalue weighted by molar-refractivity contribution is 5.57. The Hall–Kier alpha value is -1.32. The van der Waals surface area contributed by atoms with E-state index in [-0.39, 0.29) is 0 Å². The minimum Gasteiger partial charge on any atom is -0.481 e. The monoisotopic (exact) mass is 168 g/mol. The van der Waals surface area contributed by atoms with Gasteiger partial charge in [-0.2, -0.15) is 5.10 Å². The number of aromatic nitrogens is 2. The molecule has 0 N–H and O–H groups in total. The Morgan fingerprint density at radius 3 is 2.83 bits per heavy atom. The van der Waals surface area contributed by atoms with Gasteiger partial charge in [-0.3, -0.25) is 0 Å². The van der Waals surface area contributed by atoms with E-state index in [2.05, 4.69) is 5.10 Å². The molecule has 0 saturated heterocycles. The minimum absolute atomic E-state index is 0.364. The van der Waals surface area contributed by atoms with Gasteiger partial charge in [-0.1, -0.05) is 0 Å². The van der Waals surface area contributed by atoms with Crippen LogP contribution in [0.5, 0.6) is 5.88 Å². The second-order valence-corrected chi connectivity index (χ2v) is 2.57. The summed E-state index contributed by atoms with van der Waals surface area (Å²) in [5.74, 6) is 0.666. The molecule has 0 fully saturated rings. The third-order valence-corrected chi connectivity index (χ3v) is 1.77. The van der Waals surface area contributed by atoms with E-state index in [1.165, 1.54) is 0 Å². The summed E-state index contributed by atoms with van der Waals surface area (Å²) >= 11 is 0. The molecule has 0 amide bonds. The number of nitrogens with zero attached hydrogens (tertiary/aromatic N) is 2. The molecular weight excluding hydrogens is 156 g/mol. The smallest absolute Gasteiger partial charge is 0.215 e. The Kier molecular flexibility index (Phi) is 2.47. The van der Waals surface area contributed by atoms with Gasteiger partial charge in [0.15, 0.2) is 0 Å². The van der Waals surface area contributed by atoms with Crippen LogP contribution in [0.4, 0.5) is 0 Å². The summed E-state index contributed by atoms with van der Waals surface area (Å²) < 4.78 is 6.72. The number of methoxy groups -OCH3 is 1. The number of ether oxygens (including phenoxy) is 1. The molecule has 12 heavy (non-hydrogen) atoms. The molecule has 1 aromatic rings. The molecule has 0 spiro atoms. The number of aldehydes is 1. The summed E-state index contributed by atoms with van der Waals surface area (Å²) in [5, 5.41) is 4.13. The van der Waals surface area contributed by atoms with Gasteiger partial charge in [-0.25, -0.2) is 4.68 Å². The third kappa shape index (κ3) is 1.32. The molecule has 4 nitrogen and oxygen atoms in total. The molecule has 1 rings (SSSR count). The number of carbonyl (C=O) groups excluding carboxylic acids is 1. The summed E-state index contributed by atoms with van der Waals surface area (Å²) in [6, 6.07) is 0. The Balaban J connectivity index is 3.12. The van der Waals surface area contributed by atoms with Crippen LogP contribution < -0.4 is 4.74 Å². The zero-order valence-electron chi connectivity index (χ0n) is 7.50. The van der Waals surface area contributed by atoms with Gasteiger partial charge in [-0.05, 0) is 6.92 Å². The van der Waals surface area contributed by atoms with E-state index >= 15 is 0 Å². The van der Waals surface area contributed by atoms with E-state index in [1.54, 1.807) is 18.8 Å². The summed E-state index contributed by atoms with van der Waals surface area (Å²) in [5.41, 5.74) is 1.72. The molecule has 0 aliphatic carbocycles. The van der Waals surface area contributed by atoms with Crippen LogP contribution in [-0.2, 0) is 18.3 Å². The van der Waals surface area contributed by atoms with E-state index in [4.69, 9.17) is 4.74 Å². The van der Waals surface area contributed by atoms with Crippen molar-refractivity contribution in [2.75, 3.05) is 7.11 Å². The Labute approximate surface area is 71.1 Å². The Bertz CT molecular complexity index is 291. The maximum atomic E-state index is 10.3. The van der Waals surface area contributed by atoms with Crippen LogP contribution in [0.3, 0.4) is 0 Å². The fourth-order valence-corrected chi connectivity index (χ4v) is 1.25. The van der Waals surface area contributed by atoms with E-state index in [9.17, 15) is 4.79 Å². The van der Waals surface area contributed by atoms with Crippen molar-refractivity contribution in [1.82, 2.24) is 9.78 Å². The summed E-state index contributed by atoms with van der Waals surface area (Å²) in [7, 11) is 3.37. The van der Waals surface area contributed by atoms with Crippen LogP contribution in [0.1, 0.15) is 11.3 Å². The molecule has 1 aromatic heterocycles. The van der Waals surface area contributed by atoms with E-state index in [0.29, 0.717) is 12.3 Å². The molecule has 4 heteroatoms. The molecule has 0 bridgehead atoms. The first kappa shape index (κ1) is 8.77. The van der Waals surface area contributed by atoms with E-state index in [0.717, 1.165) is 17.5 Å². The number of carbonyl (C=O) groups is 1. The summed E-state index contributed by atoms with van der Waals surface area (Å²) in [6.45, 7) is 1.86. The fraction of sp³-hybridized carbons (Fsp3) is 0.500. The van der Waals surface area contributed by atoms with Gasteiger partial charge < -0.3 is 9.53 Å². The average Bonchev–Trinajstić information content (AvgIpc) is 2.28. The lowest BCUT2D eigenvalue weighted by Gasteiger charge is -2.00. The fourth-order valence-electron chi connectivity index (χ4n) is 1.25. The van der Waals surface area contributed by atoms with Crippen LogP contribution in [0.2, 0.25) is 0 Å². The number of hydrogen-bond donors (Lipinski definition) is 0. The van der Waals surface area contributed by atoms with Gasteiger partial charge in [-0.15, -0.1) is 0 Å². The molecule has 0 aromatic carbocycles. The standard InChI is InChI=1S/C8H12N2O2/c1-6-7(4-5-11)8(12-3)10(2)9-6/h5H,4H2,1-3H3. The molecular formula is C8H12N2O2. The van der Waals surface area contributed by atoms with Crippen LogP contribution in [-0.4, -0.2) is 23.2 Å². The largest absolute Gasteiger partial charge is 0.481 e. The predicted molar refractivity (Wildman–Crippen MR) is 44.3 cm³/mol. The lowest BCUT2D eigenvalue weighted by Crippen LogP contribution is -1.97. The highest BCUT2D eigenvalue weighted by Crippen LogP contribution is 2.20. The average molecular weight is 168 g/mol. The summed E-state index contributed by atoms with van der Waals surface area (Å²) in [6.07, 6.45) is 1.22. The number of aryl methyl sites for hydroxylation is 2. The van der Waals surface area contributed by atoms with Gasteiger partial charge in [0.05, 0.1) is 12.8 Å². The molecule has 0 atom stereocenters. The first-order valence-corrected chi connectivity index (χ1v) is 3.70. The van der Waals surface area contributed by atoms with Crippen LogP contribution in [0.15, 0.2) is 0 Å². The number of rotatable bonds is 3. The molecule has 0 radical (unpaired) electrons. The van der Waals surface area contributed by atoms with Gasteiger partial charge >= 0.3 is 0 Å². The van der Waals surface area contributed by atoms with Crippen molar-refractivity contribution >= 4 is 6.29 Å². The lowest BCUT2D eigenvalue weighted by molar-refractivity contribution is -0.107. The van der Waals surface area contributed by atoms with Crippen LogP contribution >= 0.6 is 0 Å². The maximum Gasteiger partial charge on any atom is 0.215 e. The highest BCUT2D eigenvalue weighted by Gasteiger charge is 2.12. The minimum atomic E-state index is 0.364. The maximum absolute atomic E-state index is 10.3. The van der Waals surface area contributed by atoms with Gasteiger partial charge in [0.25, 0.3) is 0 Å².